The molecule has 12 heteroatoms. The van der Waals surface area contributed by atoms with Crippen LogP contribution in [0.25, 0.3) is 10.6 Å². The third-order valence-electron chi connectivity index (χ3n) is 5.33. The molecule has 3 N–H and O–H groups in total. The predicted octanol–water partition coefficient (Wildman–Crippen LogP) is 4.35. The Bertz CT molecular complexity index is 1210. The number of amides is 2. The van der Waals surface area contributed by atoms with E-state index in [4.69, 9.17) is 0 Å². The normalized spacial score (nSPS) is 16.0. The molecular formula is C22H24F2N6O3S. The summed E-state index contributed by atoms with van der Waals surface area (Å²) in [6.45, 7) is 6.58. The third kappa shape index (κ3) is 4.64. The minimum absolute atomic E-state index is 0.0393. The molecule has 2 aromatic heterocycles. The highest BCUT2D eigenvalue weighted by Gasteiger charge is 2.35. The molecule has 1 unspecified atom stereocenters. The van der Waals surface area contributed by atoms with Gasteiger partial charge < -0.3 is 15.7 Å². The van der Waals surface area contributed by atoms with Crippen LogP contribution >= 0.6 is 11.3 Å². The van der Waals surface area contributed by atoms with Gasteiger partial charge in [-0.15, -0.1) is 0 Å². The maximum atomic E-state index is 14.4. The van der Waals surface area contributed by atoms with Crippen LogP contribution in [0.15, 0.2) is 30.6 Å². The fraction of sp³-hybridized carbons (Fsp3) is 0.364. The quantitative estimate of drug-likeness (QED) is 0.490. The van der Waals surface area contributed by atoms with Crippen LogP contribution in [0.2, 0.25) is 0 Å². The lowest BCUT2D eigenvalue weighted by molar-refractivity contribution is 0.102. The summed E-state index contributed by atoms with van der Waals surface area (Å²) >= 11 is 0.733. The Morgan fingerprint density at radius 1 is 1.29 bits per heavy atom. The van der Waals surface area contributed by atoms with Crippen molar-refractivity contribution in [1.82, 2.24) is 20.1 Å². The molecule has 34 heavy (non-hydrogen) atoms. The van der Waals surface area contributed by atoms with Gasteiger partial charge in [-0.25, -0.2) is 18.6 Å². The first-order chi connectivity index (χ1) is 16.1. The number of halogens is 2. The molecule has 180 valence electrons. The molecule has 0 bridgehead atoms. The van der Waals surface area contributed by atoms with Crippen molar-refractivity contribution in [2.45, 2.75) is 38.8 Å². The van der Waals surface area contributed by atoms with E-state index in [1.54, 1.807) is 31.6 Å². The van der Waals surface area contributed by atoms with Gasteiger partial charge in [0.15, 0.2) is 5.69 Å². The van der Waals surface area contributed by atoms with Crippen LogP contribution in [0, 0.1) is 11.6 Å². The average molecular weight is 491 g/mol. The number of aromatic nitrogens is 3. The molecule has 0 aliphatic carbocycles. The second-order valence-corrected chi connectivity index (χ2v) is 9.85. The zero-order valence-corrected chi connectivity index (χ0v) is 19.6. The van der Waals surface area contributed by atoms with Gasteiger partial charge in [-0.1, -0.05) is 17.4 Å². The Morgan fingerprint density at radius 3 is 2.59 bits per heavy atom. The van der Waals surface area contributed by atoms with Gasteiger partial charge in [-0.3, -0.25) is 14.4 Å². The number of carboxylic acid groups (broad SMARTS) is 1. The summed E-state index contributed by atoms with van der Waals surface area (Å²) in [6.07, 6.45) is 2.74. The fourth-order valence-corrected chi connectivity index (χ4v) is 5.05. The van der Waals surface area contributed by atoms with E-state index in [1.807, 2.05) is 0 Å². The third-order valence-corrected chi connectivity index (χ3v) is 6.39. The van der Waals surface area contributed by atoms with Crippen LogP contribution in [-0.4, -0.2) is 50.5 Å². The first-order valence-corrected chi connectivity index (χ1v) is 11.4. The number of nitrogens with one attached hydrogen (secondary N) is 2. The van der Waals surface area contributed by atoms with E-state index in [2.05, 4.69) is 20.7 Å². The van der Waals surface area contributed by atoms with E-state index in [0.717, 1.165) is 47.9 Å². The van der Waals surface area contributed by atoms with Crippen molar-refractivity contribution in [1.29, 1.82) is 0 Å². The second kappa shape index (κ2) is 9.11. The molecule has 1 saturated heterocycles. The average Bonchev–Trinajstić information content (AvgIpc) is 3.47. The van der Waals surface area contributed by atoms with Crippen molar-refractivity contribution in [3.05, 3.63) is 47.9 Å². The molecule has 1 aromatic carbocycles. The Kier molecular flexibility index (Phi) is 6.36. The Labute approximate surface area is 198 Å². The number of benzene rings is 1. The Morgan fingerprint density at radius 2 is 2.00 bits per heavy atom. The maximum absolute atomic E-state index is 14.4. The summed E-state index contributed by atoms with van der Waals surface area (Å²) in [5.74, 6) is -2.44. The van der Waals surface area contributed by atoms with E-state index in [-0.39, 0.29) is 21.7 Å². The lowest BCUT2D eigenvalue weighted by atomic mass is 10.1. The predicted molar refractivity (Wildman–Crippen MR) is 124 cm³/mol. The van der Waals surface area contributed by atoms with Crippen LogP contribution in [0.4, 0.5) is 24.3 Å². The van der Waals surface area contributed by atoms with Gasteiger partial charge in [0, 0.05) is 18.3 Å². The van der Waals surface area contributed by atoms with Crippen LogP contribution in [0.5, 0.6) is 0 Å². The number of hydrogen-bond acceptors (Lipinski definition) is 6. The molecular weight excluding hydrogens is 466 g/mol. The van der Waals surface area contributed by atoms with Crippen molar-refractivity contribution >= 4 is 34.0 Å². The number of thiazole rings is 1. The fourth-order valence-electron chi connectivity index (χ4n) is 3.76. The lowest BCUT2D eigenvalue weighted by Crippen LogP contribution is -2.45. The van der Waals surface area contributed by atoms with Gasteiger partial charge in [0.2, 0.25) is 0 Å². The number of anilines is 2. The second-order valence-electron chi connectivity index (χ2n) is 8.87. The number of carbonyl (C=O) groups excluding carboxylic acids is 1. The first-order valence-electron chi connectivity index (χ1n) is 10.6. The summed E-state index contributed by atoms with van der Waals surface area (Å²) in [7, 11) is 0. The smallest absolute Gasteiger partial charge is 0.413 e. The standard InChI is InChI=1S/C22H24F2N6O3S/c1-22(2,3)30(21(32)33)20-17(28-19(34-20)16-14(23)5-4-6-15(16)24)18(31)27-12-9-26-29(11-12)13-7-8-25-10-13/h4-6,9,11,13,25H,7-8,10H2,1-3H3,(H,27,31)(H,32,33). The molecule has 0 saturated carbocycles. The molecule has 4 rings (SSSR count). The van der Waals surface area contributed by atoms with Gasteiger partial charge in [0.25, 0.3) is 5.91 Å². The van der Waals surface area contributed by atoms with Gasteiger partial charge in [-0.2, -0.15) is 5.10 Å². The van der Waals surface area contributed by atoms with Crippen LogP contribution in [0.3, 0.4) is 0 Å². The molecule has 2 amide bonds. The molecule has 9 nitrogen and oxygen atoms in total. The summed E-state index contributed by atoms with van der Waals surface area (Å²) in [4.78, 5) is 30.5. The van der Waals surface area contributed by atoms with Gasteiger partial charge in [0.05, 0.1) is 23.5 Å². The largest absolute Gasteiger partial charge is 0.465 e. The molecule has 0 spiro atoms. The molecule has 1 atom stereocenters. The zero-order chi connectivity index (χ0) is 24.6. The minimum Gasteiger partial charge on any atom is -0.465 e. The van der Waals surface area contributed by atoms with Crippen molar-refractivity contribution in [2.75, 3.05) is 23.3 Å². The monoisotopic (exact) mass is 490 g/mol. The van der Waals surface area contributed by atoms with Crippen molar-refractivity contribution in [3.8, 4) is 10.6 Å². The van der Waals surface area contributed by atoms with Crippen LogP contribution in [0.1, 0.15) is 43.7 Å². The van der Waals surface area contributed by atoms with E-state index >= 15 is 0 Å². The highest BCUT2D eigenvalue weighted by Crippen LogP contribution is 2.40. The van der Waals surface area contributed by atoms with Crippen LogP contribution < -0.4 is 15.5 Å². The van der Waals surface area contributed by atoms with Crippen molar-refractivity contribution in [3.63, 3.8) is 0 Å². The van der Waals surface area contributed by atoms with E-state index < -0.39 is 34.7 Å². The minimum atomic E-state index is -1.33. The highest BCUT2D eigenvalue weighted by molar-refractivity contribution is 7.19. The van der Waals surface area contributed by atoms with Gasteiger partial charge >= 0.3 is 6.09 Å². The Hall–Kier alpha value is -3.38. The summed E-state index contributed by atoms with van der Waals surface area (Å²) in [5.41, 5.74) is -1.24. The summed E-state index contributed by atoms with van der Waals surface area (Å²) < 4.78 is 30.6. The Balaban J connectivity index is 1.74. The zero-order valence-electron chi connectivity index (χ0n) is 18.8. The number of rotatable bonds is 5. The SMILES string of the molecule is CC(C)(C)N(C(=O)O)c1sc(-c2c(F)cccc2F)nc1C(=O)Nc1cnn(C2CCNC2)c1. The van der Waals surface area contributed by atoms with E-state index in [0.29, 0.717) is 5.69 Å². The molecule has 3 heterocycles. The van der Waals surface area contributed by atoms with Gasteiger partial charge in [0.1, 0.15) is 21.6 Å². The van der Waals surface area contributed by atoms with E-state index in [9.17, 15) is 23.5 Å². The topological polar surface area (TPSA) is 112 Å². The number of nitrogens with zero attached hydrogens (tertiary/aromatic N) is 4. The van der Waals surface area contributed by atoms with Crippen LogP contribution in [-0.2, 0) is 0 Å². The molecule has 3 aromatic rings. The number of carbonyl (C=O) groups is 2. The maximum Gasteiger partial charge on any atom is 0.413 e. The summed E-state index contributed by atoms with van der Waals surface area (Å²) in [6, 6.07) is 3.53. The summed E-state index contributed by atoms with van der Waals surface area (Å²) in [5, 5.41) is 19.9. The number of hydrogen-bond donors (Lipinski definition) is 3. The first kappa shape index (κ1) is 23.8. The van der Waals surface area contributed by atoms with E-state index in [1.165, 1.54) is 12.3 Å². The van der Waals surface area contributed by atoms with Crippen molar-refractivity contribution in [2.24, 2.45) is 0 Å². The molecule has 0 radical (unpaired) electrons. The molecule has 1 aliphatic heterocycles. The lowest BCUT2D eigenvalue weighted by Gasteiger charge is -2.32. The molecule has 1 fully saturated rings. The molecule has 1 aliphatic rings. The highest BCUT2D eigenvalue weighted by atomic mass is 32.1. The van der Waals surface area contributed by atoms with Gasteiger partial charge in [-0.05, 0) is 45.9 Å². The van der Waals surface area contributed by atoms with Crippen molar-refractivity contribution < 1.29 is 23.5 Å².